The zero-order valence-electron chi connectivity index (χ0n) is 22.0. The summed E-state index contributed by atoms with van der Waals surface area (Å²) in [6.07, 6.45) is -0.113. The number of fused-ring (bicyclic) bond motifs is 1. The van der Waals surface area contributed by atoms with Crippen LogP contribution in [0.1, 0.15) is 39.1 Å². The van der Waals surface area contributed by atoms with Crippen LogP contribution in [-0.4, -0.2) is 90.2 Å². The molecule has 0 bridgehead atoms. The number of benzene rings is 2. The second-order valence-electron chi connectivity index (χ2n) is 9.26. The fraction of sp³-hybridized carbons (Fsp3) is 0.385. The number of piperidine rings is 1. The van der Waals surface area contributed by atoms with Gasteiger partial charge in [0.2, 0.25) is 11.8 Å². The summed E-state index contributed by atoms with van der Waals surface area (Å²) >= 11 is 0. The Kier molecular flexibility index (Phi) is 9.34. The number of carbonyl (C=O) groups is 4. The lowest BCUT2D eigenvalue weighted by Gasteiger charge is -2.27. The molecule has 2 aromatic rings. The lowest BCUT2D eigenvalue weighted by atomic mass is 10.0. The van der Waals surface area contributed by atoms with Crippen LogP contribution >= 0.6 is 0 Å². The number of hydrogen-bond donors (Lipinski definition) is 1. The highest BCUT2D eigenvalue weighted by molar-refractivity contribution is 7.91. The monoisotopic (exact) mass is 608 g/mol. The van der Waals surface area contributed by atoms with E-state index in [1.807, 2.05) is 6.92 Å². The molecule has 0 spiro atoms. The second-order valence-corrected chi connectivity index (χ2v) is 13.0. The van der Waals surface area contributed by atoms with Gasteiger partial charge in [-0.05, 0) is 37.6 Å². The van der Waals surface area contributed by atoms with Crippen molar-refractivity contribution < 1.29 is 49.7 Å². The summed E-state index contributed by atoms with van der Waals surface area (Å²) in [5.74, 6) is -3.53. The largest absolute Gasteiger partial charge is 0.378 e. The molecule has 220 valence electrons. The zero-order valence-corrected chi connectivity index (χ0v) is 23.7. The first-order valence-corrected chi connectivity index (χ1v) is 15.7. The van der Waals surface area contributed by atoms with Crippen molar-refractivity contribution >= 4 is 43.6 Å². The summed E-state index contributed by atoms with van der Waals surface area (Å²) in [6, 6.07) is 8.84. The molecular formula is C26H28N2O11S2. The minimum Gasteiger partial charge on any atom is -0.378 e. The number of aryl methyl sites for hydroxylation is 1. The number of nitrogens with zero attached hydrogens (tertiary/aromatic N) is 1. The van der Waals surface area contributed by atoms with Gasteiger partial charge in [0.25, 0.3) is 21.9 Å². The van der Waals surface area contributed by atoms with E-state index >= 15 is 0 Å². The maximum absolute atomic E-state index is 13.1. The van der Waals surface area contributed by atoms with E-state index in [-0.39, 0.29) is 66.8 Å². The first-order chi connectivity index (χ1) is 19.4. The Bertz CT molecular complexity index is 1570. The molecule has 1 N–H and O–H groups in total. The van der Waals surface area contributed by atoms with Gasteiger partial charge in [-0.25, -0.2) is 8.42 Å². The molecule has 0 aromatic heterocycles. The Morgan fingerprint density at radius 2 is 1.51 bits per heavy atom. The van der Waals surface area contributed by atoms with E-state index in [0.29, 0.717) is 4.90 Å². The average Bonchev–Trinajstić information content (AvgIpc) is 3.17. The zero-order chi connectivity index (χ0) is 29.8. The van der Waals surface area contributed by atoms with Crippen LogP contribution in [0.3, 0.4) is 0 Å². The minimum atomic E-state index is -4.07. The van der Waals surface area contributed by atoms with Crippen LogP contribution in [0.4, 0.5) is 0 Å². The number of hydrogen-bond acceptors (Lipinski definition) is 11. The molecule has 41 heavy (non-hydrogen) atoms. The molecule has 2 aliphatic heterocycles. The van der Waals surface area contributed by atoms with Crippen molar-refractivity contribution in [2.45, 2.75) is 35.6 Å². The van der Waals surface area contributed by atoms with E-state index in [1.54, 1.807) is 12.1 Å². The van der Waals surface area contributed by atoms with E-state index in [0.717, 1.165) is 5.56 Å². The van der Waals surface area contributed by atoms with Crippen molar-refractivity contribution in [3.63, 3.8) is 0 Å². The molecule has 2 aliphatic rings. The third kappa shape index (κ3) is 6.87. The van der Waals surface area contributed by atoms with Crippen molar-refractivity contribution in [1.82, 2.24) is 10.2 Å². The molecule has 1 atom stereocenters. The van der Waals surface area contributed by atoms with Crippen molar-refractivity contribution in [3.05, 3.63) is 59.2 Å². The van der Waals surface area contributed by atoms with Crippen LogP contribution in [0.15, 0.2) is 52.3 Å². The van der Waals surface area contributed by atoms with Crippen molar-refractivity contribution in [1.29, 1.82) is 0 Å². The maximum Gasteiger partial charge on any atom is 0.297 e. The van der Waals surface area contributed by atoms with Gasteiger partial charge in [0, 0.05) is 6.42 Å². The molecule has 1 unspecified atom stereocenters. The number of carbonyl (C=O) groups excluding carboxylic acids is 4. The Balaban J connectivity index is 1.24. The molecule has 4 amide bonds. The smallest absolute Gasteiger partial charge is 0.297 e. The van der Waals surface area contributed by atoms with Crippen LogP contribution in [0.2, 0.25) is 0 Å². The van der Waals surface area contributed by atoms with E-state index in [9.17, 15) is 36.0 Å². The highest BCUT2D eigenvalue weighted by atomic mass is 32.2. The second kappa shape index (κ2) is 12.6. The lowest BCUT2D eigenvalue weighted by molar-refractivity contribution is -0.136. The van der Waals surface area contributed by atoms with Gasteiger partial charge in [0.15, 0.2) is 9.84 Å². The van der Waals surface area contributed by atoms with Crippen molar-refractivity contribution in [2.24, 2.45) is 0 Å². The van der Waals surface area contributed by atoms with Gasteiger partial charge in [-0.3, -0.25) is 33.6 Å². The minimum absolute atomic E-state index is 0.00777. The van der Waals surface area contributed by atoms with Gasteiger partial charge in [-0.15, -0.1) is 0 Å². The van der Waals surface area contributed by atoms with Crippen molar-refractivity contribution in [2.75, 3.05) is 38.8 Å². The SMILES string of the molecule is Cc1ccc(S(=O)(=O)OCCOCCOCCS(=O)(=O)c2cccc3c2C(=O)N(C2CCC(=O)NC2=O)C3=O)cc1. The molecule has 1 fully saturated rings. The summed E-state index contributed by atoms with van der Waals surface area (Å²) in [4.78, 5) is 50.2. The first-order valence-electron chi connectivity index (χ1n) is 12.6. The fourth-order valence-electron chi connectivity index (χ4n) is 4.32. The maximum atomic E-state index is 13.1. The highest BCUT2D eigenvalue weighted by Crippen LogP contribution is 2.32. The third-order valence-corrected chi connectivity index (χ3v) is 9.45. The summed E-state index contributed by atoms with van der Waals surface area (Å²) in [7, 11) is -7.98. The van der Waals surface area contributed by atoms with Crippen LogP contribution in [-0.2, 0) is 43.2 Å². The van der Waals surface area contributed by atoms with Gasteiger partial charge in [-0.2, -0.15) is 8.42 Å². The van der Waals surface area contributed by atoms with Crippen LogP contribution < -0.4 is 5.32 Å². The Morgan fingerprint density at radius 1 is 0.854 bits per heavy atom. The summed E-state index contributed by atoms with van der Waals surface area (Å²) in [6.45, 7) is 1.39. The Hall–Kier alpha value is -3.50. The van der Waals surface area contributed by atoms with E-state index < -0.39 is 55.4 Å². The third-order valence-electron chi connectivity index (χ3n) is 6.41. The number of rotatable bonds is 13. The normalized spacial score (nSPS) is 17.6. The molecule has 0 saturated carbocycles. The number of sulfone groups is 1. The van der Waals surface area contributed by atoms with Crippen LogP contribution in [0, 0.1) is 6.92 Å². The van der Waals surface area contributed by atoms with Crippen molar-refractivity contribution in [3.8, 4) is 0 Å². The highest BCUT2D eigenvalue weighted by Gasteiger charge is 2.46. The van der Waals surface area contributed by atoms with Gasteiger partial charge >= 0.3 is 0 Å². The molecule has 2 heterocycles. The molecule has 2 aromatic carbocycles. The summed E-state index contributed by atoms with van der Waals surface area (Å²) in [5.41, 5.74) is 0.459. The van der Waals surface area contributed by atoms with Crippen LogP contribution in [0.5, 0.6) is 0 Å². The lowest BCUT2D eigenvalue weighted by Crippen LogP contribution is -2.54. The Morgan fingerprint density at radius 3 is 2.20 bits per heavy atom. The van der Waals surface area contributed by atoms with Gasteiger partial charge in [-0.1, -0.05) is 23.8 Å². The first kappa shape index (κ1) is 30.5. The molecule has 4 rings (SSSR count). The predicted molar refractivity (Wildman–Crippen MR) is 141 cm³/mol. The molecule has 0 radical (unpaired) electrons. The molecule has 0 aliphatic carbocycles. The molecule has 15 heteroatoms. The van der Waals surface area contributed by atoms with Crippen LogP contribution in [0.25, 0.3) is 0 Å². The molecule has 1 saturated heterocycles. The van der Waals surface area contributed by atoms with Gasteiger partial charge < -0.3 is 9.47 Å². The van der Waals surface area contributed by atoms with E-state index in [2.05, 4.69) is 5.32 Å². The number of nitrogens with one attached hydrogen (secondary N) is 1. The van der Waals surface area contributed by atoms with E-state index in [4.69, 9.17) is 13.7 Å². The standard InChI is InChI=1S/C26H28N2O11S2/c1-17-5-7-18(8-6-17)41(35,36)39-14-13-37-11-12-38-15-16-40(33,34)21-4-2-3-19-23(21)26(32)28(25(19)31)20-9-10-22(29)27-24(20)30/h2-8,20H,9-16H2,1H3,(H,27,29,30). The number of ether oxygens (including phenoxy) is 2. The van der Waals surface area contributed by atoms with Gasteiger partial charge in [0.1, 0.15) is 6.04 Å². The molecule has 13 nitrogen and oxygen atoms in total. The molecular weight excluding hydrogens is 580 g/mol. The predicted octanol–water partition coefficient (Wildman–Crippen LogP) is 0.609. The van der Waals surface area contributed by atoms with Gasteiger partial charge in [0.05, 0.1) is 59.7 Å². The summed E-state index contributed by atoms with van der Waals surface area (Å²) < 4.78 is 65.9. The van der Waals surface area contributed by atoms with E-state index in [1.165, 1.54) is 30.3 Å². The quantitative estimate of drug-likeness (QED) is 0.191. The Labute approximate surface area is 236 Å². The average molecular weight is 609 g/mol. The summed E-state index contributed by atoms with van der Waals surface area (Å²) in [5, 5.41) is 2.09. The number of amides is 4. The topological polar surface area (TPSA) is 180 Å². The fourth-order valence-corrected chi connectivity index (χ4v) is 6.56. The number of imide groups is 2.